The summed E-state index contributed by atoms with van der Waals surface area (Å²) in [5, 5.41) is 24.7. The van der Waals surface area contributed by atoms with E-state index in [1.165, 1.54) is 48.8 Å². The van der Waals surface area contributed by atoms with Crippen LogP contribution in [0.3, 0.4) is 0 Å². The number of nitrogens with one attached hydrogen (secondary N) is 2. The van der Waals surface area contributed by atoms with Gasteiger partial charge < -0.3 is 15.4 Å². The summed E-state index contributed by atoms with van der Waals surface area (Å²) < 4.78 is 33.3. The maximum atomic E-state index is 14.2. The van der Waals surface area contributed by atoms with Crippen LogP contribution < -0.4 is 15.4 Å². The molecular formula is C24H19F2N5O4S. The number of nitro benzene ring substituents is 1. The highest BCUT2D eigenvalue weighted by Crippen LogP contribution is 2.41. The number of nitrogens with zero attached hydrogens (tertiary/aromatic N) is 3. The number of nitro groups is 1. The number of anilines is 2. The largest absolute Gasteiger partial charge is 0.480 e. The predicted molar refractivity (Wildman–Crippen MR) is 131 cm³/mol. The molecule has 36 heavy (non-hydrogen) atoms. The van der Waals surface area contributed by atoms with E-state index in [4.69, 9.17) is 4.74 Å². The zero-order chi connectivity index (χ0) is 25.8. The van der Waals surface area contributed by atoms with Crippen LogP contribution in [0.4, 0.5) is 25.3 Å². The Labute approximate surface area is 207 Å². The summed E-state index contributed by atoms with van der Waals surface area (Å²) in [5.41, 5.74) is 1.21. The van der Waals surface area contributed by atoms with Gasteiger partial charge in [0.2, 0.25) is 5.88 Å². The summed E-state index contributed by atoms with van der Waals surface area (Å²) in [6, 6.07) is 12.5. The van der Waals surface area contributed by atoms with Crippen LogP contribution in [0.5, 0.6) is 5.88 Å². The van der Waals surface area contributed by atoms with E-state index in [2.05, 4.69) is 20.8 Å². The monoisotopic (exact) mass is 511 g/mol. The molecule has 0 radical (unpaired) electrons. The summed E-state index contributed by atoms with van der Waals surface area (Å²) >= 11 is 1.19. The van der Waals surface area contributed by atoms with Gasteiger partial charge in [-0.3, -0.25) is 14.9 Å². The molecule has 2 aromatic heterocycles. The second-order valence-electron chi connectivity index (χ2n) is 7.53. The third kappa shape index (κ3) is 5.13. The van der Waals surface area contributed by atoms with Gasteiger partial charge in [0.15, 0.2) is 5.82 Å². The molecule has 9 nitrogen and oxygen atoms in total. The molecule has 0 aliphatic heterocycles. The van der Waals surface area contributed by atoms with E-state index in [1.807, 2.05) is 0 Å². The van der Waals surface area contributed by atoms with Crippen molar-refractivity contribution in [3.63, 3.8) is 0 Å². The number of carbonyl (C=O) groups excluding carboxylic acids is 1. The van der Waals surface area contributed by atoms with Crippen molar-refractivity contribution in [3.05, 3.63) is 93.0 Å². The highest BCUT2D eigenvalue weighted by molar-refractivity contribution is 7.20. The highest BCUT2D eigenvalue weighted by Gasteiger charge is 2.23. The molecule has 0 bridgehead atoms. The van der Waals surface area contributed by atoms with E-state index in [1.54, 1.807) is 19.1 Å². The number of amides is 1. The van der Waals surface area contributed by atoms with E-state index in [-0.39, 0.29) is 35.1 Å². The Hall–Kier alpha value is -4.45. The van der Waals surface area contributed by atoms with E-state index < -0.39 is 22.5 Å². The lowest BCUT2D eigenvalue weighted by Gasteiger charge is -2.10. The molecule has 0 spiro atoms. The van der Waals surface area contributed by atoms with E-state index in [0.29, 0.717) is 21.0 Å². The Morgan fingerprint density at radius 2 is 1.78 bits per heavy atom. The number of non-ortho nitro benzene ring substituents is 1. The van der Waals surface area contributed by atoms with Crippen LogP contribution in [0.25, 0.3) is 10.4 Å². The molecule has 0 aliphatic carbocycles. The number of hydrogen-bond acceptors (Lipinski definition) is 8. The summed E-state index contributed by atoms with van der Waals surface area (Å²) in [4.78, 5) is 24.4. The fraction of sp³-hybridized carbons (Fsp3) is 0.125. The van der Waals surface area contributed by atoms with Gasteiger partial charge in [0.25, 0.3) is 11.6 Å². The van der Waals surface area contributed by atoms with Gasteiger partial charge >= 0.3 is 0 Å². The lowest BCUT2D eigenvalue weighted by molar-refractivity contribution is -0.384. The topological polar surface area (TPSA) is 119 Å². The van der Waals surface area contributed by atoms with E-state index in [0.717, 1.165) is 12.1 Å². The zero-order valence-electron chi connectivity index (χ0n) is 19.0. The van der Waals surface area contributed by atoms with Crippen molar-refractivity contribution in [2.45, 2.75) is 13.5 Å². The fourth-order valence-electron chi connectivity index (χ4n) is 3.47. The second-order valence-corrected chi connectivity index (χ2v) is 8.55. The van der Waals surface area contributed by atoms with Crippen LogP contribution in [0.2, 0.25) is 0 Å². The highest BCUT2D eigenvalue weighted by atomic mass is 32.1. The van der Waals surface area contributed by atoms with Crippen LogP contribution in [0.1, 0.15) is 21.5 Å². The van der Waals surface area contributed by atoms with Crippen molar-refractivity contribution in [3.8, 4) is 16.3 Å². The number of halogens is 2. The maximum Gasteiger partial charge on any atom is 0.269 e. The van der Waals surface area contributed by atoms with Gasteiger partial charge in [-0.15, -0.1) is 21.5 Å². The normalized spacial score (nSPS) is 10.7. The van der Waals surface area contributed by atoms with Gasteiger partial charge in [-0.1, -0.05) is 6.07 Å². The molecule has 2 N–H and O–H groups in total. The standard InChI is InChI=1S/C24H19F2N5O4S/c1-13-21(23(32)28-19-10-11-20(35-2)30-29-19)24(27-12-16-17(25)4-3-5-18(16)26)36-22(13)14-6-8-15(9-7-14)31(33)34/h3-11,27H,12H2,1-2H3,(H,28,29,32). The number of hydrogen-bond donors (Lipinski definition) is 2. The first-order valence-electron chi connectivity index (χ1n) is 10.5. The first-order chi connectivity index (χ1) is 17.3. The quantitative estimate of drug-likeness (QED) is 0.234. The Bertz CT molecular complexity index is 1410. The Balaban J connectivity index is 1.70. The van der Waals surface area contributed by atoms with Crippen molar-refractivity contribution in [2.24, 2.45) is 0 Å². The van der Waals surface area contributed by atoms with Crippen LogP contribution in [0, 0.1) is 28.7 Å². The molecule has 12 heteroatoms. The molecular weight excluding hydrogens is 492 g/mol. The summed E-state index contributed by atoms with van der Waals surface area (Å²) in [6.07, 6.45) is 0. The molecule has 184 valence electrons. The third-order valence-electron chi connectivity index (χ3n) is 5.29. The average molecular weight is 512 g/mol. The first kappa shape index (κ1) is 24.7. The van der Waals surface area contributed by atoms with Gasteiger partial charge in [0.1, 0.15) is 16.6 Å². The lowest BCUT2D eigenvalue weighted by Crippen LogP contribution is -2.16. The molecule has 2 heterocycles. The number of ether oxygens (including phenoxy) is 1. The van der Waals surface area contributed by atoms with Crippen molar-refractivity contribution in [1.29, 1.82) is 0 Å². The smallest absolute Gasteiger partial charge is 0.269 e. The number of rotatable bonds is 8. The van der Waals surface area contributed by atoms with Gasteiger partial charge in [-0.2, -0.15) is 0 Å². The summed E-state index contributed by atoms with van der Waals surface area (Å²) in [5.74, 6) is -1.51. The van der Waals surface area contributed by atoms with Crippen molar-refractivity contribution >= 4 is 33.8 Å². The first-order valence-corrected chi connectivity index (χ1v) is 11.3. The number of thiophene rings is 1. The zero-order valence-corrected chi connectivity index (χ0v) is 19.9. The Morgan fingerprint density at radius 3 is 2.36 bits per heavy atom. The minimum atomic E-state index is -0.717. The van der Waals surface area contributed by atoms with Gasteiger partial charge in [0.05, 0.1) is 17.6 Å². The SMILES string of the molecule is COc1ccc(NC(=O)c2c(NCc3c(F)cccc3F)sc(-c3ccc([N+](=O)[O-])cc3)c2C)nn1. The number of aromatic nitrogens is 2. The van der Waals surface area contributed by atoms with Crippen LogP contribution in [-0.2, 0) is 6.54 Å². The summed E-state index contributed by atoms with van der Waals surface area (Å²) in [6.45, 7) is 1.51. The van der Waals surface area contributed by atoms with Gasteiger partial charge in [-0.25, -0.2) is 8.78 Å². The molecule has 0 fully saturated rings. The molecule has 0 aliphatic rings. The molecule has 0 saturated heterocycles. The van der Waals surface area contributed by atoms with Crippen molar-refractivity contribution in [1.82, 2.24) is 10.2 Å². The molecule has 4 aromatic rings. The van der Waals surface area contributed by atoms with E-state index >= 15 is 0 Å². The van der Waals surface area contributed by atoms with Gasteiger partial charge in [0, 0.05) is 35.2 Å². The minimum absolute atomic E-state index is 0.0719. The number of methoxy groups -OCH3 is 1. The molecule has 4 rings (SSSR count). The third-order valence-corrected chi connectivity index (χ3v) is 6.59. The molecule has 1 amide bonds. The Morgan fingerprint density at radius 1 is 1.08 bits per heavy atom. The second kappa shape index (κ2) is 10.4. The lowest BCUT2D eigenvalue weighted by atomic mass is 10.1. The number of benzene rings is 2. The number of carbonyl (C=O) groups is 1. The predicted octanol–water partition coefficient (Wildman–Crippen LogP) is 5.57. The molecule has 0 unspecified atom stereocenters. The van der Waals surface area contributed by atoms with Crippen molar-refractivity contribution < 1.29 is 23.2 Å². The van der Waals surface area contributed by atoms with Crippen molar-refractivity contribution in [2.75, 3.05) is 17.7 Å². The van der Waals surface area contributed by atoms with Crippen LogP contribution in [0.15, 0.2) is 54.6 Å². The van der Waals surface area contributed by atoms with Crippen LogP contribution in [-0.4, -0.2) is 28.1 Å². The Kier molecular flexibility index (Phi) is 7.15. The molecule has 2 aromatic carbocycles. The maximum absolute atomic E-state index is 14.2. The van der Waals surface area contributed by atoms with Crippen LogP contribution >= 0.6 is 11.3 Å². The minimum Gasteiger partial charge on any atom is -0.480 e. The average Bonchev–Trinajstić information content (AvgIpc) is 3.20. The molecule has 0 atom stereocenters. The molecule has 0 saturated carbocycles. The fourth-order valence-corrected chi connectivity index (χ4v) is 4.67. The summed E-state index contributed by atoms with van der Waals surface area (Å²) in [7, 11) is 1.44. The van der Waals surface area contributed by atoms with E-state index in [9.17, 15) is 23.7 Å². The van der Waals surface area contributed by atoms with Gasteiger partial charge in [-0.05, 0) is 48.4 Å².